The van der Waals surface area contributed by atoms with E-state index in [1.165, 1.54) is 12.1 Å². The van der Waals surface area contributed by atoms with Crippen LogP contribution in [0.25, 0.3) is 0 Å². The van der Waals surface area contributed by atoms with Gasteiger partial charge in [0.05, 0.1) is 11.6 Å². The van der Waals surface area contributed by atoms with E-state index >= 15 is 0 Å². The van der Waals surface area contributed by atoms with Crippen molar-refractivity contribution in [3.8, 4) is 0 Å². The van der Waals surface area contributed by atoms with Crippen molar-refractivity contribution in [2.45, 2.75) is 31.6 Å². The molecule has 3 aromatic carbocycles. The largest absolute Gasteiger partial charge is 0.273 e. The van der Waals surface area contributed by atoms with Gasteiger partial charge in [-0.15, -0.1) is 0 Å². The molecular weight excluding hydrogens is 375 g/mol. The fourth-order valence-electron chi connectivity index (χ4n) is 4.20. The van der Waals surface area contributed by atoms with Gasteiger partial charge in [0.15, 0.2) is 0 Å². The molecule has 1 saturated carbocycles. The molecule has 1 aliphatic carbocycles. The second kappa shape index (κ2) is 8.62. The molecule has 4 rings (SSSR count). The molecule has 1 atom stereocenters. The summed E-state index contributed by atoms with van der Waals surface area (Å²) in [5.74, 6) is -0.548. The van der Waals surface area contributed by atoms with E-state index in [1.54, 1.807) is 12.1 Å². The summed E-state index contributed by atoms with van der Waals surface area (Å²) >= 11 is 0. The topological polar surface area (TPSA) is 41.5 Å². The lowest BCUT2D eigenvalue weighted by Gasteiger charge is -2.18. The van der Waals surface area contributed by atoms with Crippen molar-refractivity contribution in [1.82, 2.24) is 5.43 Å². The molecule has 0 spiro atoms. The number of nitrogens with one attached hydrogen (secondary N) is 1. The van der Waals surface area contributed by atoms with E-state index in [1.807, 2.05) is 36.4 Å². The average Bonchev–Trinajstić information content (AvgIpc) is 3.55. The van der Waals surface area contributed by atoms with Crippen LogP contribution in [0.1, 0.15) is 42.9 Å². The summed E-state index contributed by atoms with van der Waals surface area (Å²) in [4.78, 5) is 13.1. The molecule has 0 heterocycles. The summed E-state index contributed by atoms with van der Waals surface area (Å²) in [5.41, 5.74) is 6.35. The first-order valence-corrected chi connectivity index (χ1v) is 10.4. The number of halogens is 1. The van der Waals surface area contributed by atoms with Crippen LogP contribution in [0.15, 0.2) is 90.0 Å². The molecule has 0 radical (unpaired) electrons. The van der Waals surface area contributed by atoms with Gasteiger partial charge < -0.3 is 0 Å². The number of amides is 1. The predicted molar refractivity (Wildman–Crippen MR) is 118 cm³/mol. The molecule has 30 heavy (non-hydrogen) atoms. The van der Waals surface area contributed by atoms with Crippen molar-refractivity contribution >= 4 is 11.6 Å². The van der Waals surface area contributed by atoms with Gasteiger partial charge in [0.1, 0.15) is 5.82 Å². The van der Waals surface area contributed by atoms with Crippen LogP contribution in [0.4, 0.5) is 4.39 Å². The summed E-state index contributed by atoms with van der Waals surface area (Å²) in [7, 11) is 0. The van der Waals surface area contributed by atoms with Gasteiger partial charge in [0.25, 0.3) is 0 Å². The fraction of sp³-hybridized carbons (Fsp3) is 0.231. The monoisotopic (exact) mass is 400 g/mol. The number of hydrogen-bond acceptors (Lipinski definition) is 2. The quantitative estimate of drug-likeness (QED) is 0.416. The second-order valence-electron chi connectivity index (χ2n) is 7.75. The number of nitrogens with zero attached hydrogens (tertiary/aromatic N) is 1. The van der Waals surface area contributed by atoms with E-state index in [-0.39, 0.29) is 23.1 Å². The lowest BCUT2D eigenvalue weighted by atomic mass is 9.85. The first kappa shape index (κ1) is 20.0. The smallest absolute Gasteiger partial charge is 0.244 e. The Labute approximate surface area is 176 Å². The van der Waals surface area contributed by atoms with Crippen molar-refractivity contribution in [3.63, 3.8) is 0 Å². The molecule has 4 heteroatoms. The molecule has 0 aromatic heterocycles. The Kier molecular flexibility index (Phi) is 5.75. The maximum Gasteiger partial charge on any atom is 0.244 e. The summed E-state index contributed by atoms with van der Waals surface area (Å²) in [6.45, 7) is 2.05. The number of carbonyl (C=O) groups excluding carboxylic acids is 1. The molecule has 0 bridgehead atoms. The van der Waals surface area contributed by atoms with Crippen LogP contribution in [0.3, 0.4) is 0 Å². The first-order valence-electron chi connectivity index (χ1n) is 10.4. The Balaban J connectivity index is 1.58. The average molecular weight is 400 g/mol. The van der Waals surface area contributed by atoms with Crippen molar-refractivity contribution in [1.29, 1.82) is 0 Å². The van der Waals surface area contributed by atoms with Crippen LogP contribution in [0.2, 0.25) is 0 Å². The summed E-state index contributed by atoms with van der Waals surface area (Å²) in [5, 5.41) is 4.42. The zero-order valence-corrected chi connectivity index (χ0v) is 17.0. The molecule has 1 unspecified atom stereocenters. The van der Waals surface area contributed by atoms with E-state index < -0.39 is 0 Å². The van der Waals surface area contributed by atoms with Crippen molar-refractivity contribution in [2.24, 2.45) is 11.0 Å². The molecule has 3 aromatic rings. The van der Waals surface area contributed by atoms with E-state index in [4.69, 9.17) is 0 Å². The van der Waals surface area contributed by atoms with Gasteiger partial charge in [-0.3, -0.25) is 4.79 Å². The molecule has 152 valence electrons. The lowest BCUT2D eigenvalue weighted by Crippen LogP contribution is -2.26. The van der Waals surface area contributed by atoms with E-state index in [0.717, 1.165) is 35.2 Å². The third-order valence-corrected chi connectivity index (χ3v) is 5.82. The maximum absolute atomic E-state index is 13.3. The van der Waals surface area contributed by atoms with E-state index in [2.05, 4.69) is 41.7 Å². The van der Waals surface area contributed by atoms with Crippen LogP contribution in [-0.4, -0.2) is 11.6 Å². The third kappa shape index (κ3) is 3.90. The van der Waals surface area contributed by atoms with Crippen LogP contribution < -0.4 is 5.43 Å². The molecule has 1 amide bonds. The molecule has 0 aliphatic heterocycles. The Morgan fingerprint density at radius 3 is 2.07 bits per heavy atom. The minimum absolute atomic E-state index is 0.0848. The highest BCUT2D eigenvalue weighted by atomic mass is 19.1. The van der Waals surface area contributed by atoms with Gasteiger partial charge in [-0.25, -0.2) is 9.82 Å². The van der Waals surface area contributed by atoms with Crippen LogP contribution in [-0.2, 0) is 10.2 Å². The summed E-state index contributed by atoms with van der Waals surface area (Å²) in [6, 6.07) is 26.6. The molecular formula is C26H25FN2O. The minimum atomic E-state index is -0.317. The van der Waals surface area contributed by atoms with Gasteiger partial charge in [-0.2, -0.15) is 5.10 Å². The fourth-order valence-corrected chi connectivity index (χ4v) is 4.20. The van der Waals surface area contributed by atoms with Crippen molar-refractivity contribution in [3.05, 3.63) is 107 Å². The Bertz CT molecular complexity index is 990. The molecule has 0 saturated heterocycles. The highest BCUT2D eigenvalue weighted by molar-refractivity contribution is 6.01. The maximum atomic E-state index is 13.3. The second-order valence-corrected chi connectivity index (χ2v) is 7.75. The number of hydrogen-bond donors (Lipinski definition) is 1. The van der Waals surface area contributed by atoms with E-state index in [0.29, 0.717) is 6.42 Å². The number of hydrazone groups is 1. The van der Waals surface area contributed by atoms with Gasteiger partial charge >= 0.3 is 0 Å². The normalized spacial score (nSPS) is 17.4. The molecule has 3 nitrogen and oxygen atoms in total. The zero-order valence-electron chi connectivity index (χ0n) is 17.0. The van der Waals surface area contributed by atoms with Gasteiger partial charge in [-0.05, 0) is 41.7 Å². The highest BCUT2D eigenvalue weighted by Crippen LogP contribution is 2.58. The SMILES string of the molecule is CCC/C(=N\NC(=O)C1CC1(c1ccccc1)c1ccccc1)c1ccc(F)cc1. The number of carbonyl (C=O) groups is 1. The summed E-state index contributed by atoms with van der Waals surface area (Å²) < 4.78 is 13.3. The first-order chi connectivity index (χ1) is 14.6. The summed E-state index contributed by atoms with van der Waals surface area (Å²) in [6.07, 6.45) is 2.34. The molecule has 1 fully saturated rings. The lowest BCUT2D eigenvalue weighted by molar-refractivity contribution is -0.122. The van der Waals surface area contributed by atoms with Gasteiger partial charge in [0.2, 0.25) is 5.91 Å². The van der Waals surface area contributed by atoms with Crippen LogP contribution >= 0.6 is 0 Å². The Morgan fingerprint density at radius 1 is 0.967 bits per heavy atom. The number of benzene rings is 3. The van der Waals surface area contributed by atoms with Crippen LogP contribution in [0, 0.1) is 11.7 Å². The van der Waals surface area contributed by atoms with E-state index in [9.17, 15) is 9.18 Å². The molecule has 1 N–H and O–H groups in total. The van der Waals surface area contributed by atoms with Crippen LogP contribution in [0.5, 0.6) is 0 Å². The predicted octanol–water partition coefficient (Wildman–Crippen LogP) is 5.45. The number of rotatable bonds is 7. The highest BCUT2D eigenvalue weighted by Gasteiger charge is 2.60. The van der Waals surface area contributed by atoms with Gasteiger partial charge in [0, 0.05) is 5.41 Å². The molecule has 1 aliphatic rings. The van der Waals surface area contributed by atoms with Gasteiger partial charge in [-0.1, -0.05) is 86.1 Å². The van der Waals surface area contributed by atoms with Crippen molar-refractivity contribution < 1.29 is 9.18 Å². The Morgan fingerprint density at radius 2 is 1.53 bits per heavy atom. The third-order valence-electron chi connectivity index (χ3n) is 5.82. The Hall–Kier alpha value is -3.27. The zero-order chi connectivity index (χ0) is 21.0. The minimum Gasteiger partial charge on any atom is -0.273 e. The standard InChI is InChI=1S/C26H25FN2O/c1-2-9-24(19-14-16-22(27)17-15-19)28-29-25(30)23-18-26(23,20-10-5-3-6-11-20)21-12-7-4-8-13-21/h3-8,10-17,23H,2,9,18H2,1H3,(H,29,30)/b28-24+. The van der Waals surface area contributed by atoms with Crippen molar-refractivity contribution in [2.75, 3.05) is 0 Å².